The van der Waals surface area contributed by atoms with Gasteiger partial charge in [-0.1, -0.05) is 0 Å². The molecule has 1 fully saturated rings. The minimum Gasteiger partial charge on any atom is -0.382 e. The third-order valence-electron chi connectivity index (χ3n) is 3.32. The average molecular weight is 343 g/mol. The van der Waals surface area contributed by atoms with Gasteiger partial charge in [0.1, 0.15) is 0 Å². The maximum atomic E-state index is 11.0. The zero-order chi connectivity index (χ0) is 14.7. The monoisotopic (exact) mass is 342 g/mol. The Morgan fingerprint density at radius 3 is 2.60 bits per heavy atom. The maximum absolute atomic E-state index is 11.0. The van der Waals surface area contributed by atoms with Crippen molar-refractivity contribution in [3.8, 4) is 0 Å². The quantitative estimate of drug-likeness (QED) is 0.649. The lowest BCUT2D eigenvalue weighted by Crippen LogP contribution is -2.44. The molecule has 0 unspecified atom stereocenters. The molecular formula is C12H15BrN4O3. The van der Waals surface area contributed by atoms with E-state index in [9.17, 15) is 14.9 Å². The van der Waals surface area contributed by atoms with E-state index in [4.69, 9.17) is 5.73 Å². The van der Waals surface area contributed by atoms with E-state index in [0.29, 0.717) is 17.6 Å². The molecule has 0 bridgehead atoms. The van der Waals surface area contributed by atoms with Crippen molar-refractivity contribution in [3.05, 3.63) is 32.8 Å². The Balaban J connectivity index is 1.96. The summed E-state index contributed by atoms with van der Waals surface area (Å²) in [5.41, 5.74) is 6.09. The minimum atomic E-state index is -0.431. The predicted octanol–water partition coefficient (Wildman–Crippen LogP) is 2.31. The molecule has 20 heavy (non-hydrogen) atoms. The Labute approximate surface area is 124 Å². The van der Waals surface area contributed by atoms with E-state index in [0.717, 1.165) is 18.5 Å². The molecule has 1 heterocycles. The number of benzene rings is 1. The first kappa shape index (κ1) is 14.6. The van der Waals surface area contributed by atoms with Gasteiger partial charge in [0.25, 0.3) is 5.69 Å². The fraction of sp³-hybridized carbons (Fsp3) is 0.417. The molecule has 8 heteroatoms. The number of halogens is 1. The van der Waals surface area contributed by atoms with E-state index in [1.54, 1.807) is 17.0 Å². The number of carbonyl (C=O) groups excluding carboxylic acids is 1. The molecule has 1 aromatic rings. The molecule has 0 aromatic heterocycles. The van der Waals surface area contributed by atoms with E-state index in [1.807, 2.05) is 0 Å². The number of rotatable bonds is 3. The fourth-order valence-electron chi connectivity index (χ4n) is 2.22. The number of hydrogen-bond donors (Lipinski definition) is 2. The Morgan fingerprint density at radius 2 is 2.10 bits per heavy atom. The van der Waals surface area contributed by atoms with Gasteiger partial charge in [-0.15, -0.1) is 0 Å². The summed E-state index contributed by atoms with van der Waals surface area (Å²) in [6, 6.07) is 4.69. The number of amides is 2. The Hall–Kier alpha value is -1.83. The summed E-state index contributed by atoms with van der Waals surface area (Å²) >= 11 is 3.19. The Morgan fingerprint density at radius 1 is 1.45 bits per heavy atom. The van der Waals surface area contributed by atoms with Gasteiger partial charge in [0.2, 0.25) is 0 Å². The van der Waals surface area contributed by atoms with Gasteiger partial charge in [-0.2, -0.15) is 0 Å². The number of nitro groups is 1. The molecule has 2 rings (SSSR count). The zero-order valence-electron chi connectivity index (χ0n) is 10.7. The molecule has 0 atom stereocenters. The summed E-state index contributed by atoms with van der Waals surface area (Å²) in [5.74, 6) is 0. The molecule has 108 valence electrons. The molecule has 0 saturated carbocycles. The lowest BCUT2D eigenvalue weighted by atomic mass is 10.0. The predicted molar refractivity (Wildman–Crippen MR) is 78.6 cm³/mol. The van der Waals surface area contributed by atoms with Crippen molar-refractivity contribution >= 4 is 33.3 Å². The minimum absolute atomic E-state index is 0.0408. The van der Waals surface area contributed by atoms with E-state index in [-0.39, 0.29) is 17.8 Å². The third-order valence-corrected chi connectivity index (χ3v) is 3.96. The summed E-state index contributed by atoms with van der Waals surface area (Å²) in [6.07, 6.45) is 1.61. The van der Waals surface area contributed by atoms with Gasteiger partial charge in [0.15, 0.2) is 0 Å². The van der Waals surface area contributed by atoms with Crippen LogP contribution in [0, 0.1) is 10.1 Å². The molecule has 0 radical (unpaired) electrons. The SMILES string of the molecule is NC(=O)N1CCC(Nc2ccc([N+](=O)[O-])c(Br)c2)CC1. The number of nitrogens with zero attached hydrogens (tertiary/aromatic N) is 2. The molecule has 0 spiro atoms. The number of piperidine rings is 1. The van der Waals surface area contributed by atoms with Crippen LogP contribution in [0.15, 0.2) is 22.7 Å². The maximum Gasteiger partial charge on any atom is 0.314 e. The Kier molecular flexibility index (Phi) is 4.43. The van der Waals surface area contributed by atoms with Gasteiger partial charge in [0, 0.05) is 30.9 Å². The molecule has 1 saturated heterocycles. The standard InChI is InChI=1S/C12H15BrN4O3/c13-10-7-9(1-2-11(10)17(19)20)15-8-3-5-16(6-4-8)12(14)18/h1-2,7-8,15H,3-6H2,(H2,14,18). The smallest absolute Gasteiger partial charge is 0.314 e. The molecular weight excluding hydrogens is 328 g/mol. The first-order valence-corrected chi connectivity index (χ1v) is 7.01. The number of urea groups is 1. The number of nitrogens with two attached hydrogens (primary N) is 1. The second-order valence-corrected chi connectivity index (χ2v) is 5.52. The number of primary amides is 1. The van der Waals surface area contributed by atoms with E-state index in [2.05, 4.69) is 21.2 Å². The largest absolute Gasteiger partial charge is 0.382 e. The number of anilines is 1. The summed E-state index contributed by atoms with van der Waals surface area (Å²) in [4.78, 5) is 22.9. The van der Waals surface area contributed by atoms with Crippen LogP contribution >= 0.6 is 15.9 Å². The summed E-state index contributed by atoms with van der Waals surface area (Å²) in [5, 5.41) is 14.0. The van der Waals surface area contributed by atoms with Gasteiger partial charge >= 0.3 is 6.03 Å². The van der Waals surface area contributed by atoms with Gasteiger partial charge in [-0.05, 0) is 40.9 Å². The van der Waals surface area contributed by atoms with Crippen molar-refractivity contribution in [3.63, 3.8) is 0 Å². The highest BCUT2D eigenvalue weighted by molar-refractivity contribution is 9.10. The van der Waals surface area contributed by atoms with Crippen LogP contribution in [0.1, 0.15) is 12.8 Å². The number of nitro benzene ring substituents is 1. The molecule has 3 N–H and O–H groups in total. The van der Waals surface area contributed by atoms with Crippen LogP contribution in [0.4, 0.5) is 16.2 Å². The summed E-state index contributed by atoms with van der Waals surface area (Å²) < 4.78 is 0.446. The topological polar surface area (TPSA) is 102 Å². The van der Waals surface area contributed by atoms with Crippen LogP contribution in [-0.4, -0.2) is 35.0 Å². The Bertz CT molecular complexity index is 529. The number of nitrogens with one attached hydrogen (secondary N) is 1. The first-order chi connectivity index (χ1) is 9.47. The molecule has 2 amide bonds. The van der Waals surface area contributed by atoms with Crippen LogP contribution < -0.4 is 11.1 Å². The highest BCUT2D eigenvalue weighted by Gasteiger charge is 2.21. The van der Waals surface area contributed by atoms with E-state index < -0.39 is 4.92 Å². The van der Waals surface area contributed by atoms with E-state index >= 15 is 0 Å². The average Bonchev–Trinajstić information content (AvgIpc) is 2.39. The molecule has 0 aliphatic carbocycles. The number of carbonyl (C=O) groups is 1. The van der Waals surface area contributed by atoms with Crippen LogP contribution in [0.25, 0.3) is 0 Å². The molecule has 7 nitrogen and oxygen atoms in total. The number of hydrogen-bond acceptors (Lipinski definition) is 4. The summed E-state index contributed by atoms with van der Waals surface area (Å²) in [7, 11) is 0. The summed E-state index contributed by atoms with van der Waals surface area (Å²) in [6.45, 7) is 1.25. The van der Waals surface area contributed by atoms with Crippen molar-refractivity contribution in [2.45, 2.75) is 18.9 Å². The van der Waals surface area contributed by atoms with Gasteiger partial charge in [-0.3, -0.25) is 10.1 Å². The van der Waals surface area contributed by atoms with Crippen LogP contribution in [0.5, 0.6) is 0 Å². The molecule has 1 aromatic carbocycles. The van der Waals surface area contributed by atoms with Crippen molar-refractivity contribution in [2.75, 3.05) is 18.4 Å². The molecule has 1 aliphatic heterocycles. The lowest BCUT2D eigenvalue weighted by Gasteiger charge is -2.31. The lowest BCUT2D eigenvalue weighted by molar-refractivity contribution is -0.385. The van der Waals surface area contributed by atoms with Crippen LogP contribution in [-0.2, 0) is 0 Å². The van der Waals surface area contributed by atoms with Gasteiger partial charge < -0.3 is 16.0 Å². The van der Waals surface area contributed by atoms with E-state index in [1.165, 1.54) is 6.07 Å². The highest BCUT2D eigenvalue weighted by Crippen LogP contribution is 2.28. The second-order valence-electron chi connectivity index (χ2n) is 4.67. The van der Waals surface area contributed by atoms with Gasteiger partial charge in [0.05, 0.1) is 9.40 Å². The van der Waals surface area contributed by atoms with Crippen molar-refractivity contribution < 1.29 is 9.72 Å². The fourth-order valence-corrected chi connectivity index (χ4v) is 2.75. The third kappa shape index (κ3) is 3.38. The van der Waals surface area contributed by atoms with Crippen molar-refractivity contribution in [1.29, 1.82) is 0 Å². The van der Waals surface area contributed by atoms with Crippen LogP contribution in [0.2, 0.25) is 0 Å². The van der Waals surface area contributed by atoms with Crippen LogP contribution in [0.3, 0.4) is 0 Å². The molecule has 1 aliphatic rings. The van der Waals surface area contributed by atoms with Crippen molar-refractivity contribution in [1.82, 2.24) is 4.90 Å². The second kappa shape index (κ2) is 6.08. The first-order valence-electron chi connectivity index (χ1n) is 6.22. The zero-order valence-corrected chi connectivity index (χ0v) is 12.3. The van der Waals surface area contributed by atoms with Gasteiger partial charge in [-0.25, -0.2) is 4.79 Å². The van der Waals surface area contributed by atoms with Crippen molar-refractivity contribution in [2.24, 2.45) is 5.73 Å². The number of likely N-dealkylation sites (tertiary alicyclic amines) is 1. The normalized spacial score (nSPS) is 15.9. The highest BCUT2D eigenvalue weighted by atomic mass is 79.9.